The van der Waals surface area contributed by atoms with Crippen LogP contribution in [-0.2, 0) is 19.0 Å². The number of carbonyl (C=O) groups is 2. The van der Waals surface area contributed by atoms with E-state index in [0.717, 1.165) is 0 Å². The van der Waals surface area contributed by atoms with Crippen LogP contribution in [0.15, 0.2) is 0 Å². The zero-order valence-corrected chi connectivity index (χ0v) is 14.1. The van der Waals surface area contributed by atoms with Crippen molar-refractivity contribution >= 4 is 12.1 Å². The fourth-order valence-corrected chi connectivity index (χ4v) is 2.17. The van der Waals surface area contributed by atoms with Crippen LogP contribution < -0.4 is 0 Å². The van der Waals surface area contributed by atoms with Crippen molar-refractivity contribution in [2.45, 2.75) is 77.9 Å². The summed E-state index contributed by atoms with van der Waals surface area (Å²) in [6.07, 6.45) is 0.0758. The molecule has 6 nitrogen and oxygen atoms in total. The van der Waals surface area contributed by atoms with Gasteiger partial charge in [-0.1, -0.05) is 0 Å². The third kappa shape index (κ3) is 5.19. The topological polar surface area (TPSA) is 65.1 Å². The van der Waals surface area contributed by atoms with Crippen LogP contribution in [0.25, 0.3) is 0 Å². The highest BCUT2D eigenvalue weighted by molar-refractivity contribution is 5.82. The molecule has 0 bridgehead atoms. The van der Waals surface area contributed by atoms with Gasteiger partial charge in [0.25, 0.3) is 0 Å². The van der Waals surface area contributed by atoms with Crippen LogP contribution >= 0.6 is 0 Å². The molecule has 1 saturated heterocycles. The highest BCUT2D eigenvalue weighted by Crippen LogP contribution is 2.28. The summed E-state index contributed by atoms with van der Waals surface area (Å²) >= 11 is 0. The molecule has 1 aliphatic heterocycles. The zero-order valence-electron chi connectivity index (χ0n) is 14.1. The van der Waals surface area contributed by atoms with Crippen molar-refractivity contribution in [2.24, 2.45) is 0 Å². The van der Waals surface area contributed by atoms with E-state index < -0.39 is 35.5 Å². The van der Waals surface area contributed by atoms with Crippen LogP contribution in [0.5, 0.6) is 0 Å². The van der Waals surface area contributed by atoms with Crippen molar-refractivity contribution in [3.8, 4) is 0 Å². The Morgan fingerprint density at radius 1 is 0.952 bits per heavy atom. The maximum atomic E-state index is 12.3. The molecule has 0 aromatic rings. The van der Waals surface area contributed by atoms with Crippen molar-refractivity contribution < 1.29 is 23.8 Å². The van der Waals surface area contributed by atoms with Crippen molar-refractivity contribution in [1.82, 2.24) is 4.90 Å². The van der Waals surface area contributed by atoms with Crippen LogP contribution in [0.3, 0.4) is 0 Å². The van der Waals surface area contributed by atoms with Crippen molar-refractivity contribution in [3.63, 3.8) is 0 Å². The summed E-state index contributed by atoms with van der Waals surface area (Å²) in [4.78, 5) is 25.9. The molecular formula is C15H27NO5. The van der Waals surface area contributed by atoms with Crippen molar-refractivity contribution in [1.29, 1.82) is 0 Å². The molecule has 0 aromatic heterocycles. The Balaban J connectivity index is 2.88. The number of hydrogen-bond acceptors (Lipinski definition) is 5. The summed E-state index contributed by atoms with van der Waals surface area (Å²) in [6.45, 7) is 10.7. The first-order valence-electron chi connectivity index (χ1n) is 7.21. The second-order valence-electron chi connectivity index (χ2n) is 7.20. The number of methoxy groups -OCH3 is 1. The quantitative estimate of drug-likeness (QED) is 0.734. The number of esters is 1. The van der Waals surface area contributed by atoms with Gasteiger partial charge >= 0.3 is 12.1 Å². The average Bonchev–Trinajstić information content (AvgIpc) is 2.67. The van der Waals surface area contributed by atoms with E-state index in [1.807, 2.05) is 0 Å². The summed E-state index contributed by atoms with van der Waals surface area (Å²) in [7, 11) is 1.51. The molecule has 0 saturated carbocycles. The first kappa shape index (κ1) is 17.8. The molecule has 1 aliphatic rings. The molecule has 0 spiro atoms. The molecule has 21 heavy (non-hydrogen) atoms. The van der Waals surface area contributed by atoms with Gasteiger partial charge in [-0.15, -0.1) is 0 Å². The summed E-state index contributed by atoms with van der Waals surface area (Å²) in [6, 6.07) is -0.663. The standard InChI is InChI=1S/C15H27NO5/c1-14(2,3)20-12(17)10-8-9-11(19-7)16(10)13(18)21-15(4,5)6/h10-11H,8-9H2,1-7H3/t10-,11+/m1/s1. The summed E-state index contributed by atoms with van der Waals surface area (Å²) in [5, 5.41) is 0. The van der Waals surface area contributed by atoms with Gasteiger partial charge in [0.2, 0.25) is 0 Å². The van der Waals surface area contributed by atoms with Gasteiger partial charge in [-0.05, 0) is 54.4 Å². The first-order valence-corrected chi connectivity index (χ1v) is 7.21. The molecule has 0 unspecified atom stereocenters. The zero-order chi connectivity index (χ0) is 16.4. The van der Waals surface area contributed by atoms with Gasteiger partial charge < -0.3 is 14.2 Å². The van der Waals surface area contributed by atoms with Crippen LogP contribution in [0.4, 0.5) is 4.79 Å². The Bertz CT molecular complexity index is 394. The highest BCUT2D eigenvalue weighted by atomic mass is 16.6. The predicted molar refractivity (Wildman–Crippen MR) is 77.7 cm³/mol. The maximum Gasteiger partial charge on any atom is 0.413 e. The molecule has 1 fully saturated rings. The smallest absolute Gasteiger partial charge is 0.413 e. The van der Waals surface area contributed by atoms with Gasteiger partial charge in [0.15, 0.2) is 0 Å². The van der Waals surface area contributed by atoms with Gasteiger partial charge in [0.05, 0.1) is 0 Å². The Labute approximate surface area is 126 Å². The van der Waals surface area contributed by atoms with E-state index in [2.05, 4.69) is 0 Å². The molecule has 0 N–H and O–H groups in total. The summed E-state index contributed by atoms with van der Waals surface area (Å²) < 4.78 is 16.0. The van der Waals surface area contributed by atoms with Gasteiger partial charge in [-0.3, -0.25) is 4.90 Å². The summed E-state index contributed by atoms with van der Waals surface area (Å²) in [5.41, 5.74) is -1.22. The van der Waals surface area contributed by atoms with E-state index in [0.29, 0.717) is 12.8 Å². The van der Waals surface area contributed by atoms with E-state index in [-0.39, 0.29) is 0 Å². The summed E-state index contributed by atoms with van der Waals surface area (Å²) in [5.74, 6) is -0.423. The third-order valence-electron chi connectivity index (χ3n) is 2.89. The molecule has 1 heterocycles. The lowest BCUT2D eigenvalue weighted by Gasteiger charge is -2.32. The second kappa shape index (κ2) is 6.22. The van der Waals surface area contributed by atoms with Gasteiger partial charge in [0.1, 0.15) is 23.5 Å². The molecule has 6 heteroatoms. The minimum absolute atomic E-state index is 0.423. The number of nitrogens with zero attached hydrogens (tertiary/aromatic N) is 1. The number of hydrogen-bond donors (Lipinski definition) is 0. The minimum Gasteiger partial charge on any atom is -0.458 e. The molecule has 1 rings (SSSR count). The lowest BCUT2D eigenvalue weighted by Crippen LogP contribution is -2.49. The molecule has 1 amide bonds. The first-order chi connectivity index (χ1) is 9.44. The lowest BCUT2D eigenvalue weighted by molar-refractivity contribution is -0.162. The predicted octanol–water partition coefficient (Wildman–Crippen LogP) is 2.70. The van der Waals surface area contributed by atoms with E-state index >= 15 is 0 Å². The van der Waals surface area contributed by atoms with Crippen LogP contribution in [0.1, 0.15) is 54.4 Å². The fraction of sp³-hybridized carbons (Fsp3) is 0.867. The van der Waals surface area contributed by atoms with E-state index in [9.17, 15) is 9.59 Å². The number of ether oxygens (including phenoxy) is 3. The van der Waals surface area contributed by atoms with Gasteiger partial charge in [-0.25, -0.2) is 9.59 Å². The Hall–Kier alpha value is -1.30. The maximum absolute atomic E-state index is 12.3. The van der Waals surface area contributed by atoms with Crippen LogP contribution in [0, 0.1) is 0 Å². The normalized spacial score (nSPS) is 23.1. The lowest BCUT2D eigenvalue weighted by atomic mass is 10.1. The van der Waals surface area contributed by atoms with Crippen LogP contribution in [-0.4, -0.2) is 47.5 Å². The molecule has 0 aromatic carbocycles. The average molecular weight is 301 g/mol. The monoisotopic (exact) mass is 301 g/mol. The highest BCUT2D eigenvalue weighted by Gasteiger charge is 2.44. The molecular weight excluding hydrogens is 274 g/mol. The van der Waals surface area contributed by atoms with Crippen molar-refractivity contribution in [3.05, 3.63) is 0 Å². The number of rotatable bonds is 2. The second-order valence-corrected chi connectivity index (χ2v) is 7.20. The van der Waals surface area contributed by atoms with E-state index in [4.69, 9.17) is 14.2 Å². The third-order valence-corrected chi connectivity index (χ3v) is 2.89. The SMILES string of the molecule is CO[C@H]1CC[C@H](C(=O)OC(C)(C)C)N1C(=O)OC(C)(C)C. The number of likely N-dealkylation sites (tertiary alicyclic amines) is 1. The largest absolute Gasteiger partial charge is 0.458 e. The van der Waals surface area contributed by atoms with Crippen LogP contribution in [0.2, 0.25) is 0 Å². The van der Waals surface area contributed by atoms with Crippen molar-refractivity contribution in [2.75, 3.05) is 7.11 Å². The van der Waals surface area contributed by atoms with E-state index in [1.165, 1.54) is 12.0 Å². The number of amides is 1. The van der Waals surface area contributed by atoms with Gasteiger partial charge in [-0.2, -0.15) is 0 Å². The minimum atomic E-state index is -0.663. The van der Waals surface area contributed by atoms with E-state index in [1.54, 1.807) is 41.5 Å². The Morgan fingerprint density at radius 3 is 1.90 bits per heavy atom. The Morgan fingerprint density at radius 2 is 1.48 bits per heavy atom. The Kier molecular flexibility index (Phi) is 5.25. The van der Waals surface area contributed by atoms with Gasteiger partial charge in [0, 0.05) is 7.11 Å². The molecule has 2 atom stereocenters. The molecule has 122 valence electrons. The number of carbonyl (C=O) groups excluding carboxylic acids is 2. The fourth-order valence-electron chi connectivity index (χ4n) is 2.17. The molecule has 0 radical (unpaired) electrons. The molecule has 0 aliphatic carbocycles.